The Morgan fingerprint density at radius 1 is 1.43 bits per heavy atom. The molecule has 3 heteroatoms. The van der Waals surface area contributed by atoms with Crippen molar-refractivity contribution in [2.24, 2.45) is 0 Å². The number of carbonyl (C=O) groups excluding carboxylic acids is 1. The van der Waals surface area contributed by atoms with E-state index in [4.69, 9.17) is 4.74 Å². The Bertz CT molecular complexity index is 324. The lowest BCUT2D eigenvalue weighted by molar-refractivity contribution is -0.128. The van der Waals surface area contributed by atoms with Crippen molar-refractivity contribution >= 4 is 5.91 Å². The van der Waals surface area contributed by atoms with E-state index in [9.17, 15) is 4.79 Å². The summed E-state index contributed by atoms with van der Waals surface area (Å²) in [6.07, 6.45) is 0.597. The number of β-lactam (4-membered cyclic amide) rings is 1. The Hall–Kier alpha value is -1.51. The molecule has 1 aliphatic heterocycles. The summed E-state index contributed by atoms with van der Waals surface area (Å²) in [4.78, 5) is 10.7. The molecule has 0 bridgehead atoms. The lowest BCUT2D eigenvalue weighted by atomic mass is 9.97. The fraction of sp³-hybridized carbons (Fsp3) is 0.273. The SMILES string of the molecule is C[CH]Oc1ccc(C2CC(=O)N2)cc1. The summed E-state index contributed by atoms with van der Waals surface area (Å²) in [6.45, 7) is 3.47. The van der Waals surface area contributed by atoms with Crippen molar-refractivity contribution in [3.05, 3.63) is 36.4 Å². The van der Waals surface area contributed by atoms with Crippen LogP contribution < -0.4 is 10.1 Å². The van der Waals surface area contributed by atoms with Gasteiger partial charge in [-0.1, -0.05) is 12.1 Å². The molecular formula is C11H12NO2. The first-order valence-electron chi connectivity index (χ1n) is 4.63. The first kappa shape index (κ1) is 9.06. The van der Waals surface area contributed by atoms with Gasteiger partial charge in [0.1, 0.15) is 12.4 Å². The van der Waals surface area contributed by atoms with Gasteiger partial charge in [0.05, 0.1) is 12.5 Å². The number of carbonyl (C=O) groups is 1. The summed E-state index contributed by atoms with van der Waals surface area (Å²) >= 11 is 0. The number of amides is 1. The molecule has 0 aliphatic carbocycles. The second-order valence-electron chi connectivity index (χ2n) is 3.25. The van der Waals surface area contributed by atoms with Crippen LogP contribution in [0.15, 0.2) is 24.3 Å². The van der Waals surface area contributed by atoms with Gasteiger partial charge in [-0.2, -0.15) is 0 Å². The van der Waals surface area contributed by atoms with Crippen molar-refractivity contribution in [2.75, 3.05) is 0 Å². The second-order valence-corrected chi connectivity index (χ2v) is 3.25. The molecule has 0 spiro atoms. The van der Waals surface area contributed by atoms with Gasteiger partial charge in [0, 0.05) is 0 Å². The minimum atomic E-state index is 0.122. The van der Waals surface area contributed by atoms with Crippen molar-refractivity contribution in [1.82, 2.24) is 5.32 Å². The zero-order valence-corrected chi connectivity index (χ0v) is 7.99. The van der Waals surface area contributed by atoms with Crippen molar-refractivity contribution in [2.45, 2.75) is 19.4 Å². The van der Waals surface area contributed by atoms with Gasteiger partial charge >= 0.3 is 0 Å². The number of rotatable bonds is 3. The zero-order valence-electron chi connectivity index (χ0n) is 7.99. The monoisotopic (exact) mass is 190 g/mol. The molecule has 1 aromatic rings. The van der Waals surface area contributed by atoms with E-state index >= 15 is 0 Å². The predicted octanol–water partition coefficient (Wildman–Crippen LogP) is 1.81. The number of nitrogens with one attached hydrogen (secondary N) is 1. The van der Waals surface area contributed by atoms with Gasteiger partial charge in [-0.05, 0) is 24.6 Å². The summed E-state index contributed by atoms with van der Waals surface area (Å²) in [7, 11) is 0. The molecule has 1 atom stereocenters. The maximum absolute atomic E-state index is 10.7. The largest absolute Gasteiger partial charge is 0.487 e. The molecule has 14 heavy (non-hydrogen) atoms. The fourth-order valence-corrected chi connectivity index (χ4v) is 1.47. The van der Waals surface area contributed by atoms with Crippen LogP contribution in [0.4, 0.5) is 0 Å². The Balaban J connectivity index is 2.03. The van der Waals surface area contributed by atoms with Gasteiger partial charge in [0.15, 0.2) is 0 Å². The van der Waals surface area contributed by atoms with Gasteiger partial charge in [-0.15, -0.1) is 0 Å². The number of ether oxygens (including phenoxy) is 1. The molecular weight excluding hydrogens is 178 g/mol. The zero-order chi connectivity index (χ0) is 9.97. The average Bonchev–Trinajstić information content (AvgIpc) is 2.15. The highest BCUT2D eigenvalue weighted by Crippen LogP contribution is 2.25. The van der Waals surface area contributed by atoms with Crippen molar-refractivity contribution in [3.8, 4) is 5.75 Å². The summed E-state index contributed by atoms with van der Waals surface area (Å²) in [5, 5.41) is 2.82. The summed E-state index contributed by atoms with van der Waals surface area (Å²) in [5.74, 6) is 0.944. The van der Waals surface area contributed by atoms with E-state index < -0.39 is 0 Å². The Labute approximate surface area is 83.1 Å². The van der Waals surface area contributed by atoms with Gasteiger partial charge in [-0.25, -0.2) is 0 Å². The fourth-order valence-electron chi connectivity index (χ4n) is 1.47. The third kappa shape index (κ3) is 1.71. The third-order valence-corrected chi connectivity index (χ3v) is 2.26. The van der Waals surface area contributed by atoms with E-state index in [0.29, 0.717) is 6.42 Å². The Morgan fingerprint density at radius 3 is 2.57 bits per heavy atom. The van der Waals surface area contributed by atoms with Crippen LogP contribution in [0.3, 0.4) is 0 Å². The second kappa shape index (κ2) is 3.70. The van der Waals surface area contributed by atoms with Crippen LogP contribution >= 0.6 is 0 Å². The summed E-state index contributed by atoms with van der Waals surface area (Å²) < 4.78 is 5.20. The maximum Gasteiger partial charge on any atom is 0.222 e. The lowest BCUT2D eigenvalue weighted by Crippen LogP contribution is -2.41. The topological polar surface area (TPSA) is 38.3 Å². The molecule has 3 nitrogen and oxygen atoms in total. The van der Waals surface area contributed by atoms with Crippen LogP contribution in [0, 0.1) is 6.61 Å². The van der Waals surface area contributed by atoms with Gasteiger partial charge in [-0.3, -0.25) is 4.79 Å². The molecule has 0 aromatic heterocycles. The van der Waals surface area contributed by atoms with E-state index in [0.717, 1.165) is 11.3 Å². The molecule has 1 unspecified atom stereocenters. The average molecular weight is 190 g/mol. The van der Waals surface area contributed by atoms with E-state index in [1.807, 2.05) is 31.2 Å². The lowest BCUT2D eigenvalue weighted by Gasteiger charge is -2.27. The highest BCUT2D eigenvalue weighted by molar-refractivity contribution is 5.83. The standard InChI is InChI=1S/C11H12NO2/c1-2-14-9-5-3-8(4-6-9)10-7-11(13)12-10/h2-6,10H,7H2,1H3,(H,12,13). The number of benzene rings is 1. The van der Waals surface area contributed by atoms with Crippen LogP contribution in [0.1, 0.15) is 24.9 Å². The molecule has 1 aromatic carbocycles. The van der Waals surface area contributed by atoms with Crippen molar-refractivity contribution < 1.29 is 9.53 Å². The molecule has 0 saturated carbocycles. The van der Waals surface area contributed by atoms with E-state index in [1.165, 1.54) is 0 Å². The molecule has 1 amide bonds. The molecule has 1 fully saturated rings. The van der Waals surface area contributed by atoms with Crippen molar-refractivity contribution in [1.29, 1.82) is 0 Å². The van der Waals surface area contributed by atoms with Crippen LogP contribution in [0.25, 0.3) is 0 Å². The third-order valence-electron chi connectivity index (χ3n) is 2.26. The minimum Gasteiger partial charge on any atom is -0.487 e. The smallest absolute Gasteiger partial charge is 0.222 e. The first-order chi connectivity index (χ1) is 6.79. The van der Waals surface area contributed by atoms with E-state index in [-0.39, 0.29) is 11.9 Å². The maximum atomic E-state index is 10.7. The normalized spacial score (nSPS) is 19.8. The predicted molar refractivity (Wildman–Crippen MR) is 52.5 cm³/mol. The van der Waals surface area contributed by atoms with Gasteiger partial charge in [0.25, 0.3) is 0 Å². The number of hydrogen-bond acceptors (Lipinski definition) is 2. The first-order valence-corrected chi connectivity index (χ1v) is 4.63. The minimum absolute atomic E-state index is 0.122. The van der Waals surface area contributed by atoms with E-state index in [2.05, 4.69) is 5.32 Å². The molecule has 1 N–H and O–H groups in total. The van der Waals surface area contributed by atoms with Crippen LogP contribution in [0.2, 0.25) is 0 Å². The molecule has 1 radical (unpaired) electrons. The quantitative estimate of drug-likeness (QED) is 0.738. The Kier molecular flexibility index (Phi) is 2.39. The van der Waals surface area contributed by atoms with Crippen LogP contribution in [-0.2, 0) is 4.79 Å². The van der Waals surface area contributed by atoms with Crippen LogP contribution in [-0.4, -0.2) is 5.91 Å². The summed E-state index contributed by atoms with van der Waals surface area (Å²) in [5.41, 5.74) is 1.13. The van der Waals surface area contributed by atoms with Gasteiger partial charge < -0.3 is 10.1 Å². The molecule has 73 valence electrons. The van der Waals surface area contributed by atoms with Gasteiger partial charge in [0.2, 0.25) is 5.91 Å². The summed E-state index contributed by atoms with van der Waals surface area (Å²) in [6, 6.07) is 7.95. The van der Waals surface area contributed by atoms with Crippen LogP contribution in [0.5, 0.6) is 5.75 Å². The highest BCUT2D eigenvalue weighted by atomic mass is 16.5. The van der Waals surface area contributed by atoms with Crippen molar-refractivity contribution in [3.63, 3.8) is 0 Å². The Morgan fingerprint density at radius 2 is 2.07 bits per heavy atom. The van der Waals surface area contributed by atoms with E-state index in [1.54, 1.807) is 6.61 Å². The molecule has 1 aliphatic rings. The molecule has 2 rings (SSSR count). The molecule has 1 heterocycles. The molecule has 1 saturated heterocycles. The number of hydrogen-bond donors (Lipinski definition) is 1. The highest BCUT2D eigenvalue weighted by Gasteiger charge is 2.26.